The fraction of sp³-hybridized carbons (Fsp3) is 1.00. The zero-order chi connectivity index (χ0) is 7.68. The monoisotopic (exact) mass is 157 g/mol. The average molecular weight is 157 g/mol. The van der Waals surface area contributed by atoms with Gasteiger partial charge in [0.15, 0.2) is 0 Å². The van der Waals surface area contributed by atoms with Gasteiger partial charge in [-0.05, 0) is 31.7 Å². The minimum Gasteiger partial charge on any atom is -0.349 e. The molecular weight excluding hydrogens is 142 g/mol. The van der Waals surface area contributed by atoms with E-state index in [1.807, 2.05) is 0 Å². The Labute approximate surface area is 66.8 Å². The van der Waals surface area contributed by atoms with Crippen LogP contribution in [0.15, 0.2) is 0 Å². The molecule has 0 spiro atoms. The third kappa shape index (κ3) is 1.41. The number of rotatable bonds is 1. The highest BCUT2D eigenvalue weighted by Crippen LogP contribution is 2.31. The molecule has 2 aliphatic rings. The number of hydrogen-bond acceptors (Lipinski definition) is 3. The van der Waals surface area contributed by atoms with Crippen molar-refractivity contribution >= 4 is 0 Å². The first kappa shape index (κ1) is 7.53. The molecule has 2 rings (SSSR count). The van der Waals surface area contributed by atoms with Crippen LogP contribution >= 0.6 is 0 Å². The first-order valence-corrected chi connectivity index (χ1v) is 4.33. The maximum Gasteiger partial charge on any atom is 0.147 e. The molecule has 1 aliphatic carbocycles. The molecule has 64 valence electrons. The Kier molecular flexibility index (Phi) is 2.11. The van der Waals surface area contributed by atoms with Crippen LogP contribution in [0, 0.1) is 5.92 Å². The SMILES string of the molecule is NCC1CCC2OCOC2C1. The lowest BCUT2D eigenvalue weighted by Crippen LogP contribution is -2.33. The lowest BCUT2D eigenvalue weighted by Gasteiger charge is -2.28. The molecule has 1 heterocycles. The van der Waals surface area contributed by atoms with Gasteiger partial charge in [-0.1, -0.05) is 0 Å². The second kappa shape index (κ2) is 3.09. The standard InChI is InChI=1S/C8H15NO2/c9-4-6-1-2-7-8(3-6)11-5-10-7/h6-8H,1-5,9H2. The largest absolute Gasteiger partial charge is 0.349 e. The van der Waals surface area contributed by atoms with Crippen LogP contribution in [0.4, 0.5) is 0 Å². The highest BCUT2D eigenvalue weighted by atomic mass is 16.7. The summed E-state index contributed by atoms with van der Waals surface area (Å²) in [7, 11) is 0. The first-order chi connectivity index (χ1) is 5.40. The molecule has 0 radical (unpaired) electrons. The first-order valence-electron chi connectivity index (χ1n) is 4.33. The van der Waals surface area contributed by atoms with E-state index in [9.17, 15) is 0 Å². The van der Waals surface area contributed by atoms with E-state index in [1.54, 1.807) is 0 Å². The summed E-state index contributed by atoms with van der Waals surface area (Å²) in [5.41, 5.74) is 5.59. The fourth-order valence-corrected chi connectivity index (χ4v) is 1.98. The summed E-state index contributed by atoms with van der Waals surface area (Å²) in [6.07, 6.45) is 4.16. The van der Waals surface area contributed by atoms with E-state index in [4.69, 9.17) is 15.2 Å². The normalized spacial score (nSPS) is 43.9. The van der Waals surface area contributed by atoms with Crippen LogP contribution in [-0.4, -0.2) is 25.5 Å². The molecule has 0 aromatic rings. The van der Waals surface area contributed by atoms with Crippen LogP contribution in [0.2, 0.25) is 0 Å². The zero-order valence-corrected chi connectivity index (χ0v) is 6.66. The molecule has 0 bridgehead atoms. The highest BCUT2D eigenvalue weighted by Gasteiger charge is 2.35. The van der Waals surface area contributed by atoms with Crippen molar-refractivity contribution in [3.05, 3.63) is 0 Å². The van der Waals surface area contributed by atoms with E-state index in [2.05, 4.69) is 0 Å². The van der Waals surface area contributed by atoms with Gasteiger partial charge in [0, 0.05) is 0 Å². The van der Waals surface area contributed by atoms with Crippen LogP contribution < -0.4 is 5.73 Å². The minimum atomic E-state index is 0.345. The predicted molar refractivity (Wildman–Crippen MR) is 41.0 cm³/mol. The summed E-state index contributed by atoms with van der Waals surface area (Å²) in [6, 6.07) is 0. The number of nitrogens with two attached hydrogens (primary N) is 1. The van der Waals surface area contributed by atoms with Gasteiger partial charge in [0.05, 0.1) is 12.2 Å². The quantitative estimate of drug-likeness (QED) is 0.602. The van der Waals surface area contributed by atoms with Crippen molar-refractivity contribution in [2.45, 2.75) is 31.5 Å². The second-order valence-corrected chi connectivity index (χ2v) is 3.44. The van der Waals surface area contributed by atoms with E-state index in [0.717, 1.165) is 19.4 Å². The van der Waals surface area contributed by atoms with Gasteiger partial charge in [0.2, 0.25) is 0 Å². The summed E-state index contributed by atoms with van der Waals surface area (Å²) < 4.78 is 10.8. The summed E-state index contributed by atoms with van der Waals surface area (Å²) in [5.74, 6) is 0.665. The molecule has 2 fully saturated rings. The van der Waals surface area contributed by atoms with Crippen LogP contribution in [0.3, 0.4) is 0 Å². The molecule has 1 saturated carbocycles. The molecule has 2 N–H and O–H groups in total. The van der Waals surface area contributed by atoms with Gasteiger partial charge in [-0.2, -0.15) is 0 Å². The van der Waals surface area contributed by atoms with Crippen LogP contribution in [0.5, 0.6) is 0 Å². The maximum atomic E-state index is 5.59. The van der Waals surface area contributed by atoms with Crippen molar-refractivity contribution in [2.24, 2.45) is 11.7 Å². The molecule has 1 saturated heterocycles. The predicted octanol–water partition coefficient (Wildman–Crippen LogP) is 0.487. The lowest BCUT2D eigenvalue weighted by atomic mass is 9.85. The van der Waals surface area contributed by atoms with Crippen molar-refractivity contribution in [1.29, 1.82) is 0 Å². The summed E-state index contributed by atoms with van der Waals surface area (Å²) in [6.45, 7) is 1.29. The summed E-state index contributed by atoms with van der Waals surface area (Å²) >= 11 is 0. The van der Waals surface area contributed by atoms with Crippen molar-refractivity contribution in [2.75, 3.05) is 13.3 Å². The van der Waals surface area contributed by atoms with Gasteiger partial charge < -0.3 is 15.2 Å². The topological polar surface area (TPSA) is 44.5 Å². The third-order valence-electron chi connectivity index (χ3n) is 2.74. The summed E-state index contributed by atoms with van der Waals surface area (Å²) in [5, 5.41) is 0. The van der Waals surface area contributed by atoms with Gasteiger partial charge in [-0.25, -0.2) is 0 Å². The Hall–Kier alpha value is -0.120. The lowest BCUT2D eigenvalue weighted by molar-refractivity contribution is 0.0389. The molecule has 3 unspecified atom stereocenters. The average Bonchev–Trinajstić information content (AvgIpc) is 2.50. The van der Waals surface area contributed by atoms with Gasteiger partial charge in [-0.15, -0.1) is 0 Å². The Bertz CT molecular complexity index is 140. The van der Waals surface area contributed by atoms with E-state index in [0.29, 0.717) is 24.9 Å². The Balaban J connectivity index is 1.91. The van der Waals surface area contributed by atoms with Crippen molar-refractivity contribution in [3.8, 4) is 0 Å². The maximum absolute atomic E-state index is 5.59. The molecule has 1 aliphatic heterocycles. The Morgan fingerprint density at radius 2 is 2.00 bits per heavy atom. The number of hydrogen-bond donors (Lipinski definition) is 1. The van der Waals surface area contributed by atoms with E-state index in [-0.39, 0.29) is 0 Å². The Morgan fingerprint density at radius 1 is 1.18 bits per heavy atom. The molecule has 11 heavy (non-hydrogen) atoms. The van der Waals surface area contributed by atoms with E-state index in [1.165, 1.54) is 6.42 Å². The van der Waals surface area contributed by atoms with Gasteiger partial charge in [-0.3, -0.25) is 0 Å². The van der Waals surface area contributed by atoms with E-state index < -0.39 is 0 Å². The molecular formula is C8H15NO2. The van der Waals surface area contributed by atoms with Crippen LogP contribution in [-0.2, 0) is 9.47 Å². The minimum absolute atomic E-state index is 0.345. The molecule has 0 aromatic heterocycles. The van der Waals surface area contributed by atoms with E-state index >= 15 is 0 Å². The number of fused-ring (bicyclic) bond motifs is 1. The van der Waals surface area contributed by atoms with Crippen molar-refractivity contribution < 1.29 is 9.47 Å². The van der Waals surface area contributed by atoms with Crippen molar-refractivity contribution in [1.82, 2.24) is 0 Å². The zero-order valence-electron chi connectivity index (χ0n) is 6.66. The summed E-state index contributed by atoms with van der Waals surface area (Å²) in [4.78, 5) is 0. The molecule has 0 aromatic carbocycles. The van der Waals surface area contributed by atoms with Crippen LogP contribution in [0.25, 0.3) is 0 Å². The molecule has 0 amide bonds. The second-order valence-electron chi connectivity index (χ2n) is 3.44. The fourth-order valence-electron chi connectivity index (χ4n) is 1.98. The Morgan fingerprint density at radius 3 is 2.82 bits per heavy atom. The molecule has 3 atom stereocenters. The third-order valence-corrected chi connectivity index (χ3v) is 2.74. The van der Waals surface area contributed by atoms with Crippen LogP contribution in [0.1, 0.15) is 19.3 Å². The van der Waals surface area contributed by atoms with Gasteiger partial charge in [0.25, 0.3) is 0 Å². The molecule has 3 heteroatoms. The van der Waals surface area contributed by atoms with Gasteiger partial charge in [0.1, 0.15) is 6.79 Å². The van der Waals surface area contributed by atoms with Crippen molar-refractivity contribution in [3.63, 3.8) is 0 Å². The number of ether oxygens (including phenoxy) is 2. The smallest absolute Gasteiger partial charge is 0.147 e. The highest BCUT2D eigenvalue weighted by molar-refractivity contribution is 4.83. The molecule has 3 nitrogen and oxygen atoms in total. The van der Waals surface area contributed by atoms with Gasteiger partial charge >= 0.3 is 0 Å².